The Kier molecular flexibility index (Phi) is 5.69. The van der Waals surface area contributed by atoms with Crippen LogP contribution in [0.15, 0.2) is 29.2 Å². The van der Waals surface area contributed by atoms with Crippen molar-refractivity contribution in [2.75, 3.05) is 6.54 Å². The normalized spacial score (nSPS) is 15.4. The number of nitrogens with zero attached hydrogens (tertiary/aromatic N) is 3. The molecule has 0 radical (unpaired) electrons. The third-order valence-electron chi connectivity index (χ3n) is 5.44. The number of carbonyl (C=O) groups excluding carboxylic acids is 2. The SMILES string of the molecule is Cc1cc(C(=O)N2C=C(C(=O)OC(C)C)c3c(n(C)c(=O)n3C)C(C)(C)C2)ccc1F. The Morgan fingerprint density at radius 2 is 1.81 bits per heavy atom. The van der Waals surface area contributed by atoms with Crippen LogP contribution in [0.4, 0.5) is 4.39 Å². The number of benzene rings is 1. The Bertz CT molecular complexity index is 1150. The molecule has 1 amide bonds. The highest BCUT2D eigenvalue weighted by molar-refractivity contribution is 6.17. The van der Waals surface area contributed by atoms with Crippen LogP contribution in [0, 0.1) is 12.7 Å². The molecule has 0 N–H and O–H groups in total. The molecule has 1 aromatic carbocycles. The van der Waals surface area contributed by atoms with Gasteiger partial charge in [-0.2, -0.15) is 0 Å². The predicted molar refractivity (Wildman–Crippen MR) is 115 cm³/mol. The van der Waals surface area contributed by atoms with Crippen LogP contribution in [-0.2, 0) is 29.0 Å². The van der Waals surface area contributed by atoms with Crippen LogP contribution in [-0.4, -0.2) is 38.6 Å². The maximum Gasteiger partial charge on any atom is 0.342 e. The molecule has 8 heteroatoms. The van der Waals surface area contributed by atoms with Gasteiger partial charge in [0.1, 0.15) is 11.4 Å². The van der Waals surface area contributed by atoms with Gasteiger partial charge in [-0.3, -0.25) is 13.9 Å². The molecule has 0 atom stereocenters. The minimum absolute atomic E-state index is 0.127. The Hall–Kier alpha value is -3.16. The fraction of sp³-hybridized carbons (Fsp3) is 0.435. The van der Waals surface area contributed by atoms with E-state index in [9.17, 15) is 18.8 Å². The summed E-state index contributed by atoms with van der Waals surface area (Å²) in [5.41, 5.74) is 0.922. The second-order valence-corrected chi connectivity index (χ2v) is 8.88. The van der Waals surface area contributed by atoms with E-state index in [4.69, 9.17) is 4.74 Å². The summed E-state index contributed by atoms with van der Waals surface area (Å²) >= 11 is 0. The van der Waals surface area contributed by atoms with Gasteiger partial charge >= 0.3 is 11.7 Å². The molecule has 0 aliphatic carbocycles. The van der Waals surface area contributed by atoms with Crippen molar-refractivity contribution in [3.05, 3.63) is 63.2 Å². The summed E-state index contributed by atoms with van der Waals surface area (Å²) in [5, 5.41) is 0. The van der Waals surface area contributed by atoms with Crippen molar-refractivity contribution < 1.29 is 18.7 Å². The van der Waals surface area contributed by atoms with Gasteiger partial charge in [-0.15, -0.1) is 0 Å². The van der Waals surface area contributed by atoms with E-state index in [0.29, 0.717) is 22.5 Å². The van der Waals surface area contributed by atoms with Gasteiger partial charge in [-0.25, -0.2) is 14.0 Å². The van der Waals surface area contributed by atoms with Crippen LogP contribution in [0.25, 0.3) is 5.57 Å². The fourth-order valence-corrected chi connectivity index (χ4v) is 4.08. The van der Waals surface area contributed by atoms with Gasteiger partial charge in [0.25, 0.3) is 5.91 Å². The van der Waals surface area contributed by atoms with E-state index in [-0.39, 0.29) is 29.8 Å². The first kappa shape index (κ1) is 22.5. The third-order valence-corrected chi connectivity index (χ3v) is 5.44. The van der Waals surface area contributed by atoms with Gasteiger partial charge in [-0.05, 0) is 44.5 Å². The summed E-state index contributed by atoms with van der Waals surface area (Å²) in [5.74, 6) is -1.39. The number of fused-ring (bicyclic) bond motifs is 1. The van der Waals surface area contributed by atoms with Gasteiger partial charge in [0.15, 0.2) is 0 Å². The van der Waals surface area contributed by atoms with Crippen LogP contribution in [0.3, 0.4) is 0 Å². The van der Waals surface area contributed by atoms with Crippen LogP contribution >= 0.6 is 0 Å². The second kappa shape index (κ2) is 7.83. The minimum Gasteiger partial charge on any atom is -0.459 e. The van der Waals surface area contributed by atoms with Crippen molar-refractivity contribution in [2.24, 2.45) is 14.1 Å². The minimum atomic E-state index is -0.661. The molecule has 3 rings (SSSR count). The third kappa shape index (κ3) is 3.94. The van der Waals surface area contributed by atoms with E-state index in [2.05, 4.69) is 0 Å². The first-order chi connectivity index (χ1) is 14.3. The highest BCUT2D eigenvalue weighted by Crippen LogP contribution is 2.35. The lowest BCUT2D eigenvalue weighted by atomic mass is 9.86. The largest absolute Gasteiger partial charge is 0.459 e. The molecule has 7 nitrogen and oxygen atoms in total. The monoisotopic (exact) mass is 429 g/mol. The van der Waals surface area contributed by atoms with Gasteiger partial charge in [0.2, 0.25) is 0 Å². The van der Waals surface area contributed by atoms with Crippen molar-refractivity contribution in [1.82, 2.24) is 14.0 Å². The molecular weight excluding hydrogens is 401 g/mol. The lowest BCUT2D eigenvalue weighted by Crippen LogP contribution is -2.38. The quantitative estimate of drug-likeness (QED) is 0.704. The maximum atomic E-state index is 13.7. The molecule has 0 unspecified atom stereocenters. The summed E-state index contributed by atoms with van der Waals surface area (Å²) in [7, 11) is 3.24. The van der Waals surface area contributed by atoms with E-state index in [1.54, 1.807) is 34.9 Å². The van der Waals surface area contributed by atoms with E-state index in [1.807, 2.05) is 13.8 Å². The summed E-state index contributed by atoms with van der Waals surface area (Å²) in [4.78, 5) is 40.5. The summed E-state index contributed by atoms with van der Waals surface area (Å²) in [6.07, 6.45) is 1.07. The Morgan fingerprint density at radius 3 is 2.39 bits per heavy atom. The molecule has 2 heterocycles. The first-order valence-electron chi connectivity index (χ1n) is 10.1. The van der Waals surface area contributed by atoms with E-state index in [1.165, 1.54) is 38.4 Å². The van der Waals surface area contributed by atoms with Crippen molar-refractivity contribution >= 4 is 17.4 Å². The number of amides is 1. The molecule has 166 valence electrons. The van der Waals surface area contributed by atoms with E-state index in [0.717, 1.165) is 0 Å². The molecule has 0 saturated heterocycles. The predicted octanol–water partition coefficient (Wildman–Crippen LogP) is 2.90. The van der Waals surface area contributed by atoms with Crippen molar-refractivity contribution in [3.63, 3.8) is 0 Å². The number of aryl methyl sites for hydroxylation is 1. The molecule has 0 bridgehead atoms. The summed E-state index contributed by atoms with van der Waals surface area (Å²) in [6.45, 7) is 9.08. The first-order valence-corrected chi connectivity index (χ1v) is 10.1. The number of imidazole rings is 1. The zero-order valence-electron chi connectivity index (χ0n) is 18.9. The summed E-state index contributed by atoms with van der Waals surface area (Å²) in [6, 6.07) is 4.16. The molecule has 0 saturated carbocycles. The zero-order valence-corrected chi connectivity index (χ0v) is 18.9. The fourth-order valence-electron chi connectivity index (χ4n) is 4.08. The molecule has 0 spiro atoms. The number of halogens is 1. The molecule has 2 aromatic rings. The van der Waals surface area contributed by atoms with Crippen LogP contribution in [0.5, 0.6) is 0 Å². The highest BCUT2D eigenvalue weighted by Gasteiger charge is 2.39. The van der Waals surface area contributed by atoms with Crippen molar-refractivity contribution in [2.45, 2.75) is 46.1 Å². The standard InChI is InChI=1S/C23H28FN3O4/c1-13(2)31-21(29)16-11-27(20(28)15-8-9-17(24)14(3)10-15)12-23(4,5)19-18(16)25(6)22(30)26(19)7/h8-11,13H,12H2,1-7H3. The molecule has 31 heavy (non-hydrogen) atoms. The van der Waals surface area contributed by atoms with Crippen LogP contribution in [0.1, 0.15) is 55.0 Å². The van der Waals surface area contributed by atoms with Gasteiger partial charge in [-0.1, -0.05) is 13.8 Å². The Labute approximate surface area is 180 Å². The Morgan fingerprint density at radius 1 is 1.16 bits per heavy atom. The lowest BCUT2D eigenvalue weighted by Gasteiger charge is -2.29. The number of hydrogen-bond donors (Lipinski definition) is 0. The topological polar surface area (TPSA) is 73.5 Å². The Balaban J connectivity index is 2.22. The summed E-state index contributed by atoms with van der Waals surface area (Å²) < 4.78 is 22.0. The molecule has 1 aliphatic heterocycles. The van der Waals surface area contributed by atoms with Crippen LogP contribution in [0.2, 0.25) is 0 Å². The number of esters is 1. The number of hydrogen-bond acceptors (Lipinski definition) is 4. The maximum absolute atomic E-state index is 13.7. The molecule has 1 aromatic heterocycles. The van der Waals surface area contributed by atoms with E-state index >= 15 is 0 Å². The molecule has 1 aliphatic rings. The van der Waals surface area contributed by atoms with E-state index < -0.39 is 17.2 Å². The average Bonchev–Trinajstić information content (AvgIpc) is 2.82. The second-order valence-electron chi connectivity index (χ2n) is 8.88. The van der Waals surface area contributed by atoms with Gasteiger partial charge in [0.05, 0.1) is 17.5 Å². The van der Waals surface area contributed by atoms with Crippen LogP contribution < -0.4 is 5.69 Å². The van der Waals surface area contributed by atoms with Crippen molar-refractivity contribution in [3.8, 4) is 0 Å². The number of aromatic nitrogens is 2. The number of rotatable bonds is 3. The number of carbonyl (C=O) groups is 2. The molecular formula is C23H28FN3O4. The van der Waals surface area contributed by atoms with Crippen molar-refractivity contribution in [1.29, 1.82) is 0 Å². The smallest absolute Gasteiger partial charge is 0.342 e. The highest BCUT2D eigenvalue weighted by atomic mass is 19.1. The van der Waals surface area contributed by atoms with Gasteiger partial charge in [0, 0.05) is 37.8 Å². The lowest BCUT2D eigenvalue weighted by molar-refractivity contribution is -0.140. The number of ether oxygens (including phenoxy) is 1. The average molecular weight is 429 g/mol. The van der Waals surface area contributed by atoms with Gasteiger partial charge < -0.3 is 9.64 Å². The zero-order chi connectivity index (χ0) is 23.2. The molecule has 0 fully saturated rings.